The molecule has 3 aromatic carbocycles. The number of nitrogens with one attached hydrogen (secondary N) is 1. The first kappa shape index (κ1) is 35.5. The molecule has 1 aromatic heterocycles. The van der Waals surface area contributed by atoms with Gasteiger partial charge in [0, 0.05) is 93.1 Å². The maximum Gasteiger partial charge on any atom is 0.258 e. The molecule has 12 heteroatoms. The SMILES string of the molecule is COc1cc(-c2cn(C)c(=O)c3ccccc23)cc(OC)c1CN1CC(CN2CCC3(CC2)CN(c2ccc4c(c2)C(=O)N(C2CCC(=O)NC2=O)C4)C3)C1. The van der Waals surface area contributed by atoms with Gasteiger partial charge in [0.15, 0.2) is 0 Å². The Morgan fingerprint density at radius 3 is 2.25 bits per heavy atom. The summed E-state index contributed by atoms with van der Waals surface area (Å²) in [6.45, 7) is 8.56. The molecular formula is C43H48N6O6. The number of aromatic nitrogens is 1. The number of piperidine rings is 2. The van der Waals surface area contributed by atoms with E-state index < -0.39 is 6.04 Å². The van der Waals surface area contributed by atoms with Crippen molar-refractivity contribution in [1.82, 2.24) is 24.6 Å². The van der Waals surface area contributed by atoms with Crippen LogP contribution < -0.4 is 25.2 Å². The monoisotopic (exact) mass is 744 g/mol. The van der Waals surface area contributed by atoms with Gasteiger partial charge in [-0.3, -0.25) is 29.4 Å². The lowest BCUT2D eigenvalue weighted by Gasteiger charge is -2.55. The Hall–Kier alpha value is -5.20. The Balaban J connectivity index is 0.772. The van der Waals surface area contributed by atoms with Crippen LogP contribution in [0.3, 0.4) is 0 Å². The summed E-state index contributed by atoms with van der Waals surface area (Å²) in [6, 6.07) is 17.4. The van der Waals surface area contributed by atoms with Gasteiger partial charge in [-0.15, -0.1) is 0 Å². The third-order valence-electron chi connectivity index (χ3n) is 12.8. The molecule has 5 aliphatic rings. The summed E-state index contributed by atoms with van der Waals surface area (Å²) in [5.74, 6) is 1.43. The smallest absolute Gasteiger partial charge is 0.258 e. The van der Waals surface area contributed by atoms with Gasteiger partial charge in [-0.25, -0.2) is 0 Å². The normalized spacial score (nSPS) is 21.4. The molecule has 0 bridgehead atoms. The molecule has 286 valence electrons. The number of ether oxygens (including phenoxy) is 2. The quantitative estimate of drug-likeness (QED) is 0.254. The molecular weight excluding hydrogens is 697 g/mol. The number of hydrogen-bond acceptors (Lipinski definition) is 9. The molecule has 5 aliphatic heterocycles. The predicted molar refractivity (Wildman–Crippen MR) is 209 cm³/mol. The average molecular weight is 745 g/mol. The Morgan fingerprint density at radius 1 is 0.855 bits per heavy atom. The Morgan fingerprint density at radius 2 is 1.56 bits per heavy atom. The van der Waals surface area contributed by atoms with Crippen LogP contribution in [0.15, 0.2) is 65.6 Å². The fourth-order valence-electron chi connectivity index (χ4n) is 9.66. The van der Waals surface area contributed by atoms with Crippen molar-refractivity contribution in [3.63, 3.8) is 0 Å². The summed E-state index contributed by atoms with van der Waals surface area (Å²) in [7, 11) is 5.19. The topological polar surface area (TPSA) is 117 Å². The number of pyridine rings is 1. The molecule has 3 amide bonds. The van der Waals surface area contributed by atoms with Gasteiger partial charge < -0.3 is 28.7 Å². The van der Waals surface area contributed by atoms with Crippen LogP contribution in [0.2, 0.25) is 0 Å². The van der Waals surface area contributed by atoms with E-state index in [0.29, 0.717) is 35.2 Å². The Kier molecular flexibility index (Phi) is 8.92. The van der Waals surface area contributed by atoms with Crippen LogP contribution in [-0.4, -0.2) is 103 Å². The number of rotatable bonds is 9. The second-order valence-corrected chi connectivity index (χ2v) is 16.3. The number of likely N-dealkylation sites (tertiary alicyclic amines) is 2. The summed E-state index contributed by atoms with van der Waals surface area (Å²) in [6.07, 6.45) is 4.88. The van der Waals surface area contributed by atoms with E-state index in [0.717, 1.165) is 97.2 Å². The van der Waals surface area contributed by atoms with Crippen molar-refractivity contribution in [3.8, 4) is 22.6 Å². The zero-order valence-corrected chi connectivity index (χ0v) is 31.8. The number of hydrogen-bond donors (Lipinski definition) is 1. The first-order valence-electron chi connectivity index (χ1n) is 19.4. The molecule has 4 saturated heterocycles. The zero-order valence-electron chi connectivity index (χ0n) is 31.8. The van der Waals surface area contributed by atoms with Crippen LogP contribution in [0.25, 0.3) is 21.9 Å². The van der Waals surface area contributed by atoms with E-state index in [4.69, 9.17) is 9.47 Å². The minimum absolute atomic E-state index is 0.0183. The molecule has 1 unspecified atom stereocenters. The summed E-state index contributed by atoms with van der Waals surface area (Å²) >= 11 is 0. The third-order valence-corrected chi connectivity index (χ3v) is 12.8. The second-order valence-electron chi connectivity index (χ2n) is 16.3. The second kappa shape index (κ2) is 13.8. The molecule has 0 radical (unpaired) electrons. The molecule has 0 aliphatic carbocycles. The van der Waals surface area contributed by atoms with Crippen molar-refractivity contribution >= 4 is 34.2 Å². The van der Waals surface area contributed by atoms with E-state index in [1.807, 2.05) is 42.6 Å². The van der Waals surface area contributed by atoms with Gasteiger partial charge in [-0.05, 0) is 85.1 Å². The number of anilines is 1. The first-order valence-corrected chi connectivity index (χ1v) is 19.4. The number of benzene rings is 3. The van der Waals surface area contributed by atoms with E-state index in [9.17, 15) is 19.2 Å². The summed E-state index contributed by atoms with van der Waals surface area (Å²) in [4.78, 5) is 59.4. The van der Waals surface area contributed by atoms with E-state index in [-0.39, 0.29) is 29.7 Å². The summed E-state index contributed by atoms with van der Waals surface area (Å²) in [5.41, 5.74) is 5.94. The highest BCUT2D eigenvalue weighted by Gasteiger charge is 2.46. The maximum atomic E-state index is 13.4. The molecule has 6 heterocycles. The van der Waals surface area contributed by atoms with Crippen LogP contribution in [0.1, 0.15) is 47.2 Å². The lowest BCUT2D eigenvalue weighted by Crippen LogP contribution is -2.61. The van der Waals surface area contributed by atoms with Gasteiger partial charge in [0.25, 0.3) is 11.5 Å². The largest absolute Gasteiger partial charge is 0.496 e. The minimum Gasteiger partial charge on any atom is -0.496 e. The molecule has 1 atom stereocenters. The van der Waals surface area contributed by atoms with Crippen molar-refractivity contribution in [2.24, 2.45) is 18.4 Å². The lowest BCUT2D eigenvalue weighted by molar-refractivity contribution is -0.136. The van der Waals surface area contributed by atoms with Gasteiger partial charge in [-0.2, -0.15) is 0 Å². The number of nitrogens with zero attached hydrogens (tertiary/aromatic N) is 5. The molecule has 0 saturated carbocycles. The van der Waals surface area contributed by atoms with Gasteiger partial charge in [-0.1, -0.05) is 24.3 Å². The number of methoxy groups -OCH3 is 2. The predicted octanol–water partition coefficient (Wildman–Crippen LogP) is 4.02. The number of carbonyl (C=O) groups excluding carboxylic acids is 3. The summed E-state index contributed by atoms with van der Waals surface area (Å²) in [5, 5.41) is 3.98. The van der Waals surface area contributed by atoms with Crippen molar-refractivity contribution in [1.29, 1.82) is 0 Å². The van der Waals surface area contributed by atoms with Crippen molar-refractivity contribution in [3.05, 3.63) is 87.8 Å². The molecule has 4 fully saturated rings. The van der Waals surface area contributed by atoms with E-state index >= 15 is 0 Å². The van der Waals surface area contributed by atoms with Crippen molar-refractivity contribution < 1.29 is 23.9 Å². The Bertz CT molecular complexity index is 2240. The minimum atomic E-state index is -0.590. The average Bonchev–Trinajstić information content (AvgIpc) is 3.49. The van der Waals surface area contributed by atoms with Gasteiger partial charge in [0.2, 0.25) is 11.8 Å². The molecule has 4 aromatic rings. The van der Waals surface area contributed by atoms with Crippen LogP contribution in [0.5, 0.6) is 11.5 Å². The number of amides is 3. The van der Waals surface area contributed by atoms with Crippen LogP contribution in [-0.2, 0) is 29.7 Å². The first-order chi connectivity index (χ1) is 26.6. The summed E-state index contributed by atoms with van der Waals surface area (Å²) < 4.78 is 13.5. The highest BCUT2D eigenvalue weighted by Crippen LogP contribution is 2.44. The molecule has 55 heavy (non-hydrogen) atoms. The van der Waals surface area contributed by atoms with Crippen molar-refractivity contribution in [2.45, 2.75) is 44.8 Å². The maximum absolute atomic E-state index is 13.4. The van der Waals surface area contributed by atoms with Crippen molar-refractivity contribution in [2.75, 3.05) is 64.9 Å². The van der Waals surface area contributed by atoms with Crippen LogP contribution in [0.4, 0.5) is 5.69 Å². The van der Waals surface area contributed by atoms with Gasteiger partial charge in [0.1, 0.15) is 17.5 Å². The molecule has 1 spiro atoms. The number of fused-ring (bicyclic) bond motifs is 2. The highest BCUT2D eigenvalue weighted by molar-refractivity contribution is 6.05. The van der Waals surface area contributed by atoms with Crippen LogP contribution >= 0.6 is 0 Å². The molecule has 1 N–H and O–H groups in total. The number of imide groups is 1. The van der Waals surface area contributed by atoms with Gasteiger partial charge in [0.05, 0.1) is 19.8 Å². The van der Waals surface area contributed by atoms with E-state index in [2.05, 4.69) is 38.2 Å². The Labute approximate surface area is 320 Å². The fraction of sp³-hybridized carbons (Fsp3) is 0.442. The molecule has 12 nitrogen and oxygen atoms in total. The number of carbonyl (C=O) groups is 3. The van der Waals surface area contributed by atoms with E-state index in [1.165, 1.54) is 12.8 Å². The number of aryl methyl sites for hydroxylation is 1. The zero-order chi connectivity index (χ0) is 38.0. The fourth-order valence-corrected chi connectivity index (χ4v) is 9.66. The highest BCUT2D eigenvalue weighted by atomic mass is 16.5. The lowest BCUT2D eigenvalue weighted by atomic mass is 9.71. The third kappa shape index (κ3) is 6.34. The standard InChI is InChI=1S/C43H48N6O6/c1-45-23-34(31-6-4-5-7-32(31)41(45)52)29-16-37(54-2)35(38(17-29)55-3)24-47-20-27(21-47)19-46-14-12-43(13-15-46)25-48(26-43)30-9-8-28-22-49(42(53)33(28)18-30)36-10-11-39(50)44-40(36)51/h4-9,16-18,23,27,36H,10-15,19-22,24-26H2,1-3H3,(H,44,50,51). The van der Waals surface area contributed by atoms with E-state index in [1.54, 1.807) is 30.7 Å². The van der Waals surface area contributed by atoms with Gasteiger partial charge >= 0.3 is 0 Å². The molecule has 9 rings (SSSR count). The van der Waals surface area contributed by atoms with Crippen LogP contribution in [0, 0.1) is 11.3 Å².